The van der Waals surface area contributed by atoms with Crippen molar-refractivity contribution >= 4 is 11.9 Å². The predicted octanol–water partition coefficient (Wildman–Crippen LogP) is 4.64. The summed E-state index contributed by atoms with van der Waals surface area (Å²) in [6.45, 7) is -0.0366. The minimum Gasteiger partial charge on any atom is -0.481 e. The lowest BCUT2D eigenvalue weighted by molar-refractivity contribution is -0.138. The van der Waals surface area contributed by atoms with Crippen LogP contribution in [0.15, 0.2) is 30.3 Å². The molecule has 0 radical (unpaired) electrons. The maximum atomic E-state index is 13.7. The number of halogens is 5. The van der Waals surface area contributed by atoms with E-state index in [0.29, 0.717) is 12.8 Å². The van der Waals surface area contributed by atoms with Gasteiger partial charge < -0.3 is 10.4 Å². The molecule has 2 N–H and O–H groups in total. The largest absolute Gasteiger partial charge is 0.481 e. The van der Waals surface area contributed by atoms with Crippen molar-refractivity contribution in [2.75, 3.05) is 19.6 Å². The van der Waals surface area contributed by atoms with Crippen LogP contribution in [0.5, 0.6) is 0 Å². The first-order valence-corrected chi connectivity index (χ1v) is 12.3. The second-order valence-electron chi connectivity index (χ2n) is 9.69. The number of likely N-dealkylation sites (tertiary alicyclic amines) is 1. The van der Waals surface area contributed by atoms with E-state index in [1.165, 1.54) is 33.8 Å². The highest BCUT2D eigenvalue weighted by atomic mass is 19.4. The van der Waals surface area contributed by atoms with Gasteiger partial charge >= 0.3 is 12.1 Å². The average Bonchev–Trinajstić information content (AvgIpc) is 3.57. The highest BCUT2D eigenvalue weighted by molar-refractivity contribution is 5.94. The number of hydrogen-bond donors (Lipinski definition) is 2. The van der Waals surface area contributed by atoms with Crippen molar-refractivity contribution in [3.05, 3.63) is 41.6 Å². The van der Waals surface area contributed by atoms with E-state index in [9.17, 15) is 36.6 Å². The Bertz CT molecular complexity index is 1110. The smallest absolute Gasteiger partial charge is 0.417 e. The monoisotopic (exact) mass is 528 g/mol. The van der Waals surface area contributed by atoms with Crippen LogP contribution in [0.3, 0.4) is 0 Å². The number of carbonyl (C=O) groups excluding carboxylic acids is 1. The molecule has 1 saturated heterocycles. The summed E-state index contributed by atoms with van der Waals surface area (Å²) in [5.74, 6) is -1.89. The van der Waals surface area contributed by atoms with Crippen LogP contribution in [0.4, 0.5) is 22.0 Å². The molecule has 1 amide bonds. The molecular weight excluding hydrogens is 499 g/mol. The van der Waals surface area contributed by atoms with Crippen molar-refractivity contribution in [2.24, 2.45) is 0 Å². The summed E-state index contributed by atoms with van der Waals surface area (Å²) in [5.41, 5.74) is -0.887. The Morgan fingerprint density at radius 3 is 2.38 bits per heavy atom. The maximum absolute atomic E-state index is 13.7. The van der Waals surface area contributed by atoms with E-state index in [4.69, 9.17) is 0 Å². The van der Waals surface area contributed by atoms with Crippen molar-refractivity contribution in [3.8, 4) is 11.3 Å². The summed E-state index contributed by atoms with van der Waals surface area (Å²) >= 11 is 0. The molecule has 2 heterocycles. The molecule has 1 aliphatic carbocycles. The van der Waals surface area contributed by atoms with Crippen LogP contribution in [0.25, 0.3) is 11.3 Å². The lowest BCUT2D eigenvalue weighted by Gasteiger charge is -2.20. The number of carboxylic acid groups (broad SMARTS) is 1. The van der Waals surface area contributed by atoms with Gasteiger partial charge in [0.1, 0.15) is 12.3 Å². The Labute approximate surface area is 210 Å². The fourth-order valence-electron chi connectivity index (χ4n) is 5.10. The van der Waals surface area contributed by atoms with E-state index >= 15 is 0 Å². The van der Waals surface area contributed by atoms with E-state index in [1.807, 2.05) is 0 Å². The van der Waals surface area contributed by atoms with Crippen LogP contribution in [0.2, 0.25) is 0 Å². The fourth-order valence-corrected chi connectivity index (χ4v) is 5.10. The quantitative estimate of drug-likeness (QED) is 0.463. The Morgan fingerprint density at radius 1 is 1.11 bits per heavy atom. The van der Waals surface area contributed by atoms with Gasteiger partial charge in [0.05, 0.1) is 23.7 Å². The van der Waals surface area contributed by atoms with Crippen LogP contribution in [-0.4, -0.2) is 69.7 Å². The van der Waals surface area contributed by atoms with Crippen LogP contribution in [0, 0.1) is 0 Å². The molecule has 2 aliphatic rings. The number of nitrogens with zero attached hydrogens (tertiary/aromatic N) is 3. The first kappa shape index (κ1) is 27.0. The van der Waals surface area contributed by atoms with Crippen LogP contribution < -0.4 is 5.32 Å². The molecule has 3 atom stereocenters. The molecular formula is C25H29F5N4O3. The third kappa shape index (κ3) is 6.46. The van der Waals surface area contributed by atoms with Crippen molar-refractivity contribution < 1.29 is 36.6 Å². The molecule has 0 spiro atoms. The maximum Gasteiger partial charge on any atom is 0.417 e. The Morgan fingerprint density at radius 2 is 1.76 bits per heavy atom. The van der Waals surface area contributed by atoms with E-state index in [2.05, 4.69) is 10.4 Å². The zero-order valence-corrected chi connectivity index (χ0v) is 20.1. The normalized spacial score (nSPS) is 21.9. The molecule has 1 saturated carbocycles. The number of carboxylic acids is 1. The molecule has 37 heavy (non-hydrogen) atoms. The molecule has 2 fully saturated rings. The lowest BCUT2D eigenvalue weighted by atomic mass is 10.0. The molecule has 4 rings (SSSR count). The number of rotatable bonds is 9. The van der Waals surface area contributed by atoms with Crippen molar-refractivity contribution in [3.63, 3.8) is 0 Å². The standard InChI is InChI=1S/C25H29F5N4O3/c26-19-13-33(14-20(19)27)10-9-15(11-23(35)36)31-24(37)21-12-22(34(32-21)16-5-1-2-6-16)17-7-3-4-8-18(17)25(28,29)30/h3-4,7-8,12,15-16,19-20H,1-2,5-6,9-11,13-14H2,(H,31,37)(H,35,36)/t15-,19-,20-/m0/s1. The van der Waals surface area contributed by atoms with Crippen molar-refractivity contribution in [1.82, 2.24) is 20.0 Å². The SMILES string of the molecule is O=C(O)C[C@H](CCN1C[C@H](F)[C@@H](F)C1)NC(=O)c1cc(-c2ccccc2C(F)(F)F)n(C2CCCC2)n1. The van der Waals surface area contributed by atoms with E-state index in [0.717, 1.165) is 18.9 Å². The molecule has 202 valence electrons. The highest BCUT2D eigenvalue weighted by Crippen LogP contribution is 2.40. The summed E-state index contributed by atoms with van der Waals surface area (Å²) < 4.78 is 69.7. The number of nitrogens with one attached hydrogen (secondary N) is 1. The zero-order chi connectivity index (χ0) is 26.7. The minimum atomic E-state index is -4.61. The third-order valence-electron chi connectivity index (χ3n) is 6.96. The highest BCUT2D eigenvalue weighted by Gasteiger charge is 2.36. The van der Waals surface area contributed by atoms with Gasteiger partial charge in [-0.2, -0.15) is 18.3 Å². The van der Waals surface area contributed by atoms with E-state index in [-0.39, 0.29) is 49.0 Å². The predicted molar refractivity (Wildman–Crippen MR) is 125 cm³/mol. The van der Waals surface area contributed by atoms with Gasteiger partial charge in [-0.1, -0.05) is 31.0 Å². The Balaban J connectivity index is 1.58. The van der Waals surface area contributed by atoms with Crippen LogP contribution in [-0.2, 0) is 11.0 Å². The number of alkyl halides is 5. The molecule has 1 aliphatic heterocycles. The topological polar surface area (TPSA) is 87.5 Å². The molecule has 1 aromatic heterocycles. The van der Waals surface area contributed by atoms with Crippen LogP contribution in [0.1, 0.15) is 60.6 Å². The van der Waals surface area contributed by atoms with Crippen molar-refractivity contribution in [2.45, 2.75) is 69.1 Å². The molecule has 0 bridgehead atoms. The number of amides is 1. The molecule has 12 heteroatoms. The van der Waals surface area contributed by atoms with E-state index < -0.39 is 48.4 Å². The molecule has 0 unspecified atom stereocenters. The van der Waals surface area contributed by atoms with Gasteiger partial charge in [0.15, 0.2) is 5.69 Å². The summed E-state index contributed by atoms with van der Waals surface area (Å²) in [5, 5.41) is 16.2. The second kappa shape index (κ2) is 11.2. The van der Waals surface area contributed by atoms with Gasteiger partial charge in [0.25, 0.3) is 5.91 Å². The second-order valence-corrected chi connectivity index (χ2v) is 9.69. The van der Waals surface area contributed by atoms with Crippen molar-refractivity contribution in [1.29, 1.82) is 0 Å². The zero-order valence-electron chi connectivity index (χ0n) is 20.1. The summed E-state index contributed by atoms with van der Waals surface area (Å²) in [6.07, 6.45) is -4.90. The van der Waals surface area contributed by atoms with Gasteiger partial charge in [-0.15, -0.1) is 0 Å². The third-order valence-corrected chi connectivity index (χ3v) is 6.96. The van der Waals surface area contributed by atoms with E-state index in [1.54, 1.807) is 0 Å². The number of aliphatic carboxylic acids is 1. The molecule has 2 aromatic rings. The van der Waals surface area contributed by atoms with Gasteiger partial charge in [0.2, 0.25) is 0 Å². The number of benzene rings is 1. The van der Waals surface area contributed by atoms with Crippen LogP contribution >= 0.6 is 0 Å². The summed E-state index contributed by atoms with van der Waals surface area (Å²) in [4.78, 5) is 26.0. The summed E-state index contributed by atoms with van der Waals surface area (Å²) in [7, 11) is 0. The first-order valence-electron chi connectivity index (χ1n) is 12.3. The Hall–Kier alpha value is -3.02. The van der Waals surface area contributed by atoms with Gasteiger partial charge in [-0.25, -0.2) is 8.78 Å². The summed E-state index contributed by atoms with van der Waals surface area (Å²) in [6, 6.07) is 5.39. The number of carbonyl (C=O) groups is 2. The van der Waals surface area contributed by atoms with Gasteiger partial charge in [-0.3, -0.25) is 19.2 Å². The fraction of sp³-hybridized carbons (Fsp3) is 0.560. The Kier molecular flexibility index (Phi) is 8.15. The minimum absolute atomic E-state index is 0.0916. The molecule has 7 nitrogen and oxygen atoms in total. The molecule has 1 aromatic carbocycles. The van der Waals surface area contributed by atoms with Gasteiger partial charge in [0, 0.05) is 31.2 Å². The average molecular weight is 529 g/mol. The lowest BCUT2D eigenvalue weighted by Crippen LogP contribution is -2.39. The van der Waals surface area contributed by atoms with Gasteiger partial charge in [-0.05, 0) is 31.4 Å². The number of aromatic nitrogens is 2. The number of hydrogen-bond acceptors (Lipinski definition) is 4. The first-order chi connectivity index (χ1) is 17.5.